The maximum absolute atomic E-state index is 11.8. The van der Waals surface area contributed by atoms with Gasteiger partial charge in [0.05, 0.1) is 12.8 Å². The normalized spacial score (nSPS) is 10.8. The van der Waals surface area contributed by atoms with E-state index in [1.165, 1.54) is 0 Å². The first-order valence-electron chi connectivity index (χ1n) is 8.43. The van der Waals surface area contributed by atoms with Gasteiger partial charge in [-0.1, -0.05) is 18.2 Å². The molecule has 0 aliphatic rings. The number of carbonyl (C=O) groups is 1. The molecule has 0 radical (unpaired) electrons. The lowest BCUT2D eigenvalue weighted by Crippen LogP contribution is -2.24. The summed E-state index contributed by atoms with van der Waals surface area (Å²) in [6, 6.07) is 13.5. The molecule has 2 rings (SSSR count). The summed E-state index contributed by atoms with van der Waals surface area (Å²) in [5.74, 6) is 0.351. The van der Waals surface area contributed by atoms with Crippen molar-refractivity contribution in [3.63, 3.8) is 0 Å². The van der Waals surface area contributed by atoms with Crippen molar-refractivity contribution in [2.45, 2.75) is 13.8 Å². The summed E-state index contributed by atoms with van der Waals surface area (Å²) < 4.78 is 5.49. The summed E-state index contributed by atoms with van der Waals surface area (Å²) in [6.07, 6.45) is 1.57. The third-order valence-corrected chi connectivity index (χ3v) is 3.74. The van der Waals surface area contributed by atoms with Crippen LogP contribution in [0.15, 0.2) is 47.6 Å². The Kier molecular flexibility index (Phi) is 7.17. The summed E-state index contributed by atoms with van der Waals surface area (Å²) in [7, 11) is 1.91. The zero-order chi connectivity index (χ0) is 18.9. The summed E-state index contributed by atoms with van der Waals surface area (Å²) >= 11 is 0. The van der Waals surface area contributed by atoms with Crippen LogP contribution >= 0.6 is 0 Å². The van der Waals surface area contributed by atoms with Crippen LogP contribution in [0.1, 0.15) is 16.7 Å². The standard InChI is InChI=1S/C20H25N3O3/c1-15-10-16(2)12-19(11-15)26-14-20(25)22-21-13-17-4-6-18(7-5-17)23(3)8-9-24/h4-7,10-13,24H,8-9,14H2,1-3H3,(H,22,25)/b21-13+. The summed E-state index contributed by atoms with van der Waals surface area (Å²) in [6.45, 7) is 4.55. The van der Waals surface area contributed by atoms with Crippen LogP contribution in [0.4, 0.5) is 5.69 Å². The number of carbonyl (C=O) groups excluding carboxylic acids is 1. The van der Waals surface area contributed by atoms with Crippen molar-refractivity contribution in [2.24, 2.45) is 5.10 Å². The van der Waals surface area contributed by atoms with Crippen molar-refractivity contribution in [1.29, 1.82) is 0 Å². The van der Waals surface area contributed by atoms with E-state index in [2.05, 4.69) is 10.5 Å². The number of aliphatic hydroxyl groups excluding tert-OH is 1. The fourth-order valence-electron chi connectivity index (χ4n) is 2.47. The van der Waals surface area contributed by atoms with E-state index in [1.807, 2.05) is 68.3 Å². The average Bonchev–Trinajstić information content (AvgIpc) is 2.60. The first-order valence-corrected chi connectivity index (χ1v) is 8.43. The number of amides is 1. The molecule has 0 fully saturated rings. The van der Waals surface area contributed by atoms with E-state index in [4.69, 9.17) is 9.84 Å². The lowest BCUT2D eigenvalue weighted by molar-refractivity contribution is -0.123. The predicted molar refractivity (Wildman–Crippen MR) is 104 cm³/mol. The number of ether oxygens (including phenoxy) is 1. The van der Waals surface area contributed by atoms with E-state index in [-0.39, 0.29) is 19.1 Å². The Bertz CT molecular complexity index is 737. The van der Waals surface area contributed by atoms with Crippen molar-refractivity contribution in [1.82, 2.24) is 5.43 Å². The van der Waals surface area contributed by atoms with Crippen LogP contribution in [0.25, 0.3) is 0 Å². The topological polar surface area (TPSA) is 74.2 Å². The van der Waals surface area contributed by atoms with Gasteiger partial charge in [0.2, 0.25) is 0 Å². The van der Waals surface area contributed by atoms with E-state index in [0.717, 1.165) is 22.4 Å². The van der Waals surface area contributed by atoms with E-state index >= 15 is 0 Å². The van der Waals surface area contributed by atoms with E-state index in [9.17, 15) is 4.79 Å². The molecule has 0 saturated carbocycles. The Labute approximate surface area is 154 Å². The zero-order valence-electron chi connectivity index (χ0n) is 15.4. The number of nitrogens with zero attached hydrogens (tertiary/aromatic N) is 2. The Morgan fingerprint density at radius 3 is 2.46 bits per heavy atom. The molecule has 26 heavy (non-hydrogen) atoms. The second kappa shape index (κ2) is 9.58. The van der Waals surface area contributed by atoms with Crippen LogP contribution in [0.2, 0.25) is 0 Å². The third kappa shape index (κ3) is 6.22. The minimum Gasteiger partial charge on any atom is -0.484 e. The Morgan fingerprint density at radius 2 is 1.85 bits per heavy atom. The Morgan fingerprint density at radius 1 is 1.19 bits per heavy atom. The predicted octanol–water partition coefficient (Wildman–Crippen LogP) is 2.26. The summed E-state index contributed by atoms with van der Waals surface area (Å²) in [5.41, 5.74) is 6.49. The molecule has 138 valence electrons. The highest BCUT2D eigenvalue weighted by molar-refractivity contribution is 5.83. The van der Waals surface area contributed by atoms with Crippen molar-refractivity contribution in [3.05, 3.63) is 59.2 Å². The molecule has 0 spiro atoms. The van der Waals surface area contributed by atoms with E-state index in [1.54, 1.807) is 6.21 Å². The molecule has 0 aliphatic carbocycles. The lowest BCUT2D eigenvalue weighted by Gasteiger charge is -2.17. The number of anilines is 1. The molecule has 0 aliphatic heterocycles. The summed E-state index contributed by atoms with van der Waals surface area (Å²) in [4.78, 5) is 13.8. The highest BCUT2D eigenvalue weighted by atomic mass is 16.5. The maximum Gasteiger partial charge on any atom is 0.277 e. The van der Waals surface area contributed by atoms with Gasteiger partial charge in [-0.15, -0.1) is 0 Å². The molecule has 6 nitrogen and oxygen atoms in total. The second-order valence-corrected chi connectivity index (χ2v) is 6.14. The van der Waals surface area contributed by atoms with Crippen molar-refractivity contribution < 1.29 is 14.6 Å². The Hall–Kier alpha value is -2.86. The average molecular weight is 355 g/mol. The third-order valence-electron chi connectivity index (χ3n) is 3.74. The van der Waals surface area contributed by atoms with E-state index < -0.39 is 0 Å². The van der Waals surface area contributed by atoms with Crippen LogP contribution in [-0.4, -0.2) is 44.0 Å². The van der Waals surface area contributed by atoms with Gasteiger partial charge in [-0.2, -0.15) is 5.10 Å². The molecule has 0 heterocycles. The highest BCUT2D eigenvalue weighted by Gasteiger charge is 2.03. The SMILES string of the molecule is Cc1cc(C)cc(OCC(=O)N/N=C/c2ccc(N(C)CCO)cc2)c1. The molecule has 0 bridgehead atoms. The van der Waals surface area contributed by atoms with Gasteiger partial charge in [-0.05, 0) is 54.8 Å². The van der Waals surface area contributed by atoms with Crippen molar-refractivity contribution in [2.75, 3.05) is 31.7 Å². The molecular weight excluding hydrogens is 330 g/mol. The lowest BCUT2D eigenvalue weighted by atomic mass is 10.1. The van der Waals surface area contributed by atoms with Crippen molar-refractivity contribution >= 4 is 17.8 Å². The molecule has 2 aromatic rings. The molecule has 2 aromatic carbocycles. The molecule has 0 atom stereocenters. The number of aliphatic hydroxyl groups is 1. The highest BCUT2D eigenvalue weighted by Crippen LogP contribution is 2.16. The number of hydrogen-bond acceptors (Lipinski definition) is 5. The number of likely N-dealkylation sites (N-methyl/N-ethyl adjacent to an activating group) is 1. The van der Waals surface area contributed by atoms with Crippen LogP contribution in [0.5, 0.6) is 5.75 Å². The smallest absolute Gasteiger partial charge is 0.277 e. The molecule has 6 heteroatoms. The maximum atomic E-state index is 11.8. The van der Waals surface area contributed by atoms with Gasteiger partial charge in [0, 0.05) is 19.3 Å². The van der Waals surface area contributed by atoms with Gasteiger partial charge in [0.25, 0.3) is 5.91 Å². The van der Waals surface area contributed by atoms with Gasteiger partial charge in [-0.25, -0.2) is 5.43 Å². The molecule has 2 N–H and O–H groups in total. The van der Waals surface area contributed by atoms with Gasteiger partial charge in [0.1, 0.15) is 5.75 Å². The first kappa shape index (κ1) is 19.5. The number of nitrogens with one attached hydrogen (secondary N) is 1. The number of rotatable bonds is 8. The van der Waals surface area contributed by atoms with Crippen LogP contribution in [0, 0.1) is 13.8 Å². The molecular formula is C20H25N3O3. The molecule has 0 aromatic heterocycles. The van der Waals surface area contributed by atoms with Crippen LogP contribution in [0.3, 0.4) is 0 Å². The van der Waals surface area contributed by atoms with E-state index in [0.29, 0.717) is 12.3 Å². The van der Waals surface area contributed by atoms with Crippen molar-refractivity contribution in [3.8, 4) is 5.75 Å². The fourth-order valence-corrected chi connectivity index (χ4v) is 2.47. The minimum atomic E-state index is -0.320. The van der Waals surface area contributed by atoms with Gasteiger partial charge in [-0.3, -0.25) is 4.79 Å². The fraction of sp³-hybridized carbons (Fsp3) is 0.300. The van der Waals surface area contributed by atoms with Crippen LogP contribution < -0.4 is 15.1 Å². The second-order valence-electron chi connectivity index (χ2n) is 6.14. The number of aryl methyl sites for hydroxylation is 2. The molecule has 0 saturated heterocycles. The molecule has 0 unspecified atom stereocenters. The van der Waals surface area contributed by atoms with Crippen LogP contribution in [-0.2, 0) is 4.79 Å². The zero-order valence-corrected chi connectivity index (χ0v) is 15.4. The van der Waals surface area contributed by atoms with Gasteiger partial charge < -0.3 is 14.7 Å². The summed E-state index contributed by atoms with van der Waals surface area (Å²) in [5, 5.41) is 12.9. The first-order chi connectivity index (χ1) is 12.5. The van der Waals surface area contributed by atoms with Gasteiger partial charge >= 0.3 is 0 Å². The largest absolute Gasteiger partial charge is 0.484 e. The minimum absolute atomic E-state index is 0.0921. The quantitative estimate of drug-likeness (QED) is 0.563. The number of hydrazone groups is 1. The molecule has 1 amide bonds. The Balaban J connectivity index is 1.81. The van der Waals surface area contributed by atoms with Gasteiger partial charge in [0.15, 0.2) is 6.61 Å². The monoisotopic (exact) mass is 355 g/mol. The number of benzene rings is 2. The number of hydrogen-bond donors (Lipinski definition) is 2.